The van der Waals surface area contributed by atoms with Gasteiger partial charge in [0, 0.05) is 25.3 Å². The highest BCUT2D eigenvalue weighted by molar-refractivity contribution is 7.14. The van der Waals surface area contributed by atoms with Crippen LogP contribution in [-0.4, -0.2) is 20.9 Å². The zero-order valence-electron chi connectivity index (χ0n) is 46.8. The van der Waals surface area contributed by atoms with Gasteiger partial charge in [0.25, 0.3) is 0 Å². The van der Waals surface area contributed by atoms with Gasteiger partial charge < -0.3 is 14.2 Å². The van der Waals surface area contributed by atoms with Crippen molar-refractivity contribution in [3.05, 3.63) is 302 Å². The van der Waals surface area contributed by atoms with Crippen LogP contribution >= 0.6 is 0 Å². The Hall–Kier alpha value is -8.99. The van der Waals surface area contributed by atoms with Gasteiger partial charge in [-0.3, -0.25) is 0 Å². The van der Waals surface area contributed by atoms with Gasteiger partial charge in [0.1, 0.15) is 0 Å². The first-order valence-electron chi connectivity index (χ1n) is 28.3. The average Bonchev–Trinajstić information content (AvgIpc) is 3.65. The molecule has 11 aromatic carbocycles. The van der Waals surface area contributed by atoms with E-state index in [0.717, 1.165) is 72.4 Å². The van der Waals surface area contributed by atoms with Crippen molar-refractivity contribution in [2.75, 3.05) is 14.2 Å². The number of benzene rings is 11. The van der Waals surface area contributed by atoms with Crippen molar-refractivity contribution in [2.45, 2.75) is 13.7 Å². The number of rotatable bonds is 11. The smallest absolute Gasteiger partial charge is 0.388 e. The third-order valence-corrected chi connectivity index (χ3v) is 14.3. The fraction of sp³-hybridized carbons (Fsp3) is 0.0294. The number of para-hydroxylation sites is 3. The molecule has 1 heterocycles. The molecular formula is C68H54B3N3. The second-order valence-electron chi connectivity index (χ2n) is 18.7. The molecule has 0 saturated carbocycles. The van der Waals surface area contributed by atoms with E-state index in [0.29, 0.717) is 16.7 Å². The Morgan fingerprint density at radius 2 is 0.649 bits per heavy atom. The fourth-order valence-electron chi connectivity index (χ4n) is 11.1. The minimum absolute atomic E-state index is 0.0481. The van der Waals surface area contributed by atoms with Gasteiger partial charge in [-0.15, -0.1) is 0 Å². The van der Waals surface area contributed by atoms with E-state index in [2.05, 4.69) is 184 Å². The summed E-state index contributed by atoms with van der Waals surface area (Å²) < 4.78 is 64.2. The van der Waals surface area contributed by atoms with Gasteiger partial charge in [-0.25, -0.2) is 0 Å². The number of anilines is 3. The van der Waals surface area contributed by atoms with E-state index < -0.39 is 34.7 Å². The molecule has 0 spiro atoms. The van der Waals surface area contributed by atoms with Crippen molar-refractivity contribution < 1.29 is 8.22 Å². The van der Waals surface area contributed by atoms with Gasteiger partial charge in [-0.1, -0.05) is 255 Å². The van der Waals surface area contributed by atoms with E-state index in [9.17, 15) is 8.22 Å². The van der Waals surface area contributed by atoms with Crippen LogP contribution in [0.3, 0.4) is 0 Å². The average molecular weight is 952 g/mol. The van der Waals surface area contributed by atoms with E-state index >= 15 is 0 Å². The minimum Gasteiger partial charge on any atom is -0.416 e. The highest BCUT2D eigenvalue weighted by Crippen LogP contribution is 2.48. The highest BCUT2D eigenvalue weighted by atomic mass is 15.3. The molecule has 0 atom stereocenters. The number of hydrogen-bond acceptors (Lipinski definition) is 3. The summed E-state index contributed by atoms with van der Waals surface area (Å²) in [6.45, 7) is -6.94. The summed E-state index contributed by atoms with van der Waals surface area (Å²) in [6.07, 6.45) is 0. The van der Waals surface area contributed by atoms with Crippen molar-refractivity contribution in [1.82, 2.24) is 0 Å². The number of nitrogens with zero attached hydrogens (tertiary/aromatic N) is 3. The first kappa shape index (κ1) is 39.6. The molecule has 0 amide bonds. The van der Waals surface area contributed by atoms with Gasteiger partial charge in [-0.2, -0.15) is 0 Å². The summed E-state index contributed by atoms with van der Waals surface area (Å²) in [5.41, 5.74) is 13.1. The maximum absolute atomic E-state index is 9.70. The predicted molar refractivity (Wildman–Crippen MR) is 319 cm³/mol. The second-order valence-corrected chi connectivity index (χ2v) is 18.7. The summed E-state index contributed by atoms with van der Waals surface area (Å²) in [7, 11) is 0. The van der Waals surface area contributed by atoms with Gasteiger partial charge in [0.15, 0.2) is 0 Å². The molecule has 6 heteroatoms. The molecule has 1 aliphatic rings. The van der Waals surface area contributed by atoms with Crippen LogP contribution in [0.5, 0.6) is 0 Å². The molecule has 74 heavy (non-hydrogen) atoms. The molecule has 0 aromatic heterocycles. The number of hydrogen-bond donors (Lipinski definition) is 0. The fourth-order valence-corrected chi connectivity index (χ4v) is 11.1. The Kier molecular flexibility index (Phi) is 11.0. The molecule has 3 nitrogen and oxygen atoms in total. The summed E-state index contributed by atoms with van der Waals surface area (Å²) >= 11 is 0. The molecule has 1 aliphatic heterocycles. The van der Waals surface area contributed by atoms with Crippen molar-refractivity contribution in [3.8, 4) is 55.6 Å². The normalized spacial score (nSPS) is 14.1. The second kappa shape index (κ2) is 20.6. The lowest BCUT2D eigenvalue weighted by Gasteiger charge is -2.57. The van der Waals surface area contributed by atoms with Gasteiger partial charge in [-0.05, 0) is 133 Å². The monoisotopic (exact) mass is 951 g/mol. The highest BCUT2D eigenvalue weighted by Gasteiger charge is 2.55. The Labute approximate surface area is 446 Å². The molecule has 350 valence electrons. The lowest BCUT2D eigenvalue weighted by atomic mass is 9.37. The molecule has 12 rings (SSSR count). The molecule has 0 aliphatic carbocycles. The lowest BCUT2D eigenvalue weighted by molar-refractivity contribution is 1.29. The zero-order valence-corrected chi connectivity index (χ0v) is 40.8. The van der Waals surface area contributed by atoms with Crippen LogP contribution in [0.25, 0.3) is 55.6 Å². The first-order valence-corrected chi connectivity index (χ1v) is 25.3. The van der Waals surface area contributed by atoms with E-state index in [-0.39, 0.29) is 11.1 Å². The Morgan fingerprint density at radius 1 is 0.270 bits per heavy atom. The molecule has 0 unspecified atom stereocenters. The van der Waals surface area contributed by atoms with Gasteiger partial charge in [0.05, 0.1) is 0 Å². The van der Waals surface area contributed by atoms with Crippen LogP contribution in [0, 0.1) is 13.7 Å². The maximum atomic E-state index is 9.70. The SMILES string of the molecule is [2H]C([2H])([2H])c1ccc(B2N(c3ccccc3)B(c3ccccc3)N(c3ccccc3)B(c3ccccc3)N2c2ccccc2)cc1-c1cccc(-c2c(-c3ccccc3)ccc(-c3ccccc3)c2-c2ccccc2)c1C([2H])([2H])[2H]. The standard InChI is InChI=1S/C68H54B3N3/c1-51-46-47-58(50-66(51)62-44-27-45-63(52(62)2)68-65(54-30-13-4-14-31-54)49-48-64(53-28-11-3-12-29-53)67(68)55-32-15-5-16-33-55)71-73(60-40-23-9-24-41-60)69(56-34-17-6-18-35-56)72(59-38-21-8-22-39-59)70(57-36-19-7-20-37-57)74(71)61-42-25-10-26-43-61/h3-50H,1-2H3/i1D3,2D3. The minimum atomic E-state index is -2.75. The van der Waals surface area contributed by atoms with Crippen molar-refractivity contribution in [1.29, 1.82) is 0 Å². The molecular weight excluding hydrogens is 891 g/mol. The topological polar surface area (TPSA) is 9.72 Å². The summed E-state index contributed by atoms with van der Waals surface area (Å²) in [5, 5.41) is 0. The molecule has 0 N–H and O–H groups in total. The molecule has 0 bridgehead atoms. The summed E-state index contributed by atoms with van der Waals surface area (Å²) in [4.78, 5) is 0. The van der Waals surface area contributed by atoms with Crippen LogP contribution < -0.4 is 30.6 Å². The molecule has 1 saturated heterocycles. The summed E-state index contributed by atoms with van der Waals surface area (Å²) in [6, 6.07) is 98.1. The van der Waals surface area contributed by atoms with E-state index in [1.54, 1.807) is 12.1 Å². The molecule has 1 fully saturated rings. The zero-order chi connectivity index (χ0) is 54.8. The largest absolute Gasteiger partial charge is 0.416 e. The first-order chi connectivity index (χ1) is 39.0. The summed E-state index contributed by atoms with van der Waals surface area (Å²) in [5.74, 6) is 0. The van der Waals surface area contributed by atoms with E-state index in [1.807, 2.05) is 109 Å². The van der Waals surface area contributed by atoms with Gasteiger partial charge in [0.2, 0.25) is 0 Å². The van der Waals surface area contributed by atoms with Crippen molar-refractivity contribution in [3.63, 3.8) is 0 Å². The van der Waals surface area contributed by atoms with Crippen LogP contribution in [-0.2, 0) is 0 Å². The predicted octanol–water partition coefficient (Wildman–Crippen LogP) is 14.7. The maximum Gasteiger partial charge on any atom is 0.388 e. The Balaban J connectivity index is 1.19. The quantitative estimate of drug-likeness (QED) is 0.120. The number of aryl methyl sites for hydroxylation is 1. The van der Waals surface area contributed by atoms with Crippen LogP contribution in [0.1, 0.15) is 19.4 Å². The lowest BCUT2D eigenvalue weighted by Crippen LogP contribution is -2.86. The van der Waals surface area contributed by atoms with Crippen molar-refractivity contribution >= 4 is 54.4 Å². The van der Waals surface area contributed by atoms with E-state index in [1.165, 1.54) is 0 Å². The Bertz CT molecular complexity index is 3790. The van der Waals surface area contributed by atoms with Gasteiger partial charge >= 0.3 is 20.9 Å². The molecule has 0 radical (unpaired) electrons. The third kappa shape index (κ3) is 8.69. The van der Waals surface area contributed by atoms with E-state index in [4.69, 9.17) is 0 Å². The third-order valence-electron chi connectivity index (χ3n) is 14.3. The van der Waals surface area contributed by atoms with Crippen LogP contribution in [0.15, 0.2) is 291 Å². The van der Waals surface area contributed by atoms with Crippen LogP contribution in [0.2, 0.25) is 0 Å². The van der Waals surface area contributed by atoms with Crippen LogP contribution in [0.4, 0.5) is 17.1 Å². The Morgan fingerprint density at radius 3 is 1.08 bits per heavy atom. The van der Waals surface area contributed by atoms with Crippen molar-refractivity contribution in [2.24, 2.45) is 0 Å². The molecule has 11 aromatic rings.